The number of hydrogen-bond acceptors (Lipinski definition) is 2. The number of halogens is 1. The van der Waals surface area contributed by atoms with Crippen LogP contribution in [-0.4, -0.2) is 4.98 Å². The van der Waals surface area contributed by atoms with E-state index in [0.29, 0.717) is 11.9 Å². The smallest absolute Gasteiger partial charge is 0.131 e. The summed E-state index contributed by atoms with van der Waals surface area (Å²) in [5.74, 6) is -0.220. The van der Waals surface area contributed by atoms with Crippen LogP contribution in [0.2, 0.25) is 0 Å². The van der Waals surface area contributed by atoms with E-state index in [1.807, 2.05) is 6.92 Å². The van der Waals surface area contributed by atoms with Gasteiger partial charge in [-0.25, -0.2) is 4.39 Å². The second-order valence-electron chi connectivity index (χ2n) is 3.25. The van der Waals surface area contributed by atoms with E-state index < -0.39 is 0 Å². The number of aromatic nitrogens is 1. The summed E-state index contributed by atoms with van der Waals surface area (Å²) in [6, 6.07) is 4.90. The van der Waals surface area contributed by atoms with Crippen molar-refractivity contribution in [1.82, 2.24) is 4.98 Å². The van der Waals surface area contributed by atoms with Crippen LogP contribution in [0.25, 0.3) is 10.8 Å². The first-order valence-corrected chi connectivity index (χ1v) is 4.47. The first kappa shape index (κ1) is 9.09. The van der Waals surface area contributed by atoms with Crippen molar-refractivity contribution in [3.05, 3.63) is 41.5 Å². The van der Waals surface area contributed by atoms with Gasteiger partial charge in [0.1, 0.15) is 5.82 Å². The molecule has 0 aliphatic rings. The fraction of sp³-hybridized carbons (Fsp3) is 0.182. The second kappa shape index (κ2) is 3.35. The Bertz CT molecular complexity index is 480. The lowest BCUT2D eigenvalue weighted by Gasteiger charge is -2.06. The van der Waals surface area contributed by atoms with Crippen LogP contribution < -0.4 is 5.73 Å². The van der Waals surface area contributed by atoms with E-state index in [2.05, 4.69) is 4.98 Å². The van der Waals surface area contributed by atoms with Crippen LogP contribution in [0.4, 0.5) is 4.39 Å². The minimum atomic E-state index is -0.220. The molecule has 0 unspecified atom stereocenters. The lowest BCUT2D eigenvalue weighted by Crippen LogP contribution is -2.01. The van der Waals surface area contributed by atoms with Gasteiger partial charge < -0.3 is 5.73 Å². The Morgan fingerprint density at radius 2 is 2.14 bits per heavy atom. The molecular formula is C11H11FN2. The largest absolute Gasteiger partial charge is 0.325 e. The van der Waals surface area contributed by atoms with E-state index in [1.165, 1.54) is 6.07 Å². The number of rotatable bonds is 1. The Kier molecular flexibility index (Phi) is 2.17. The van der Waals surface area contributed by atoms with Crippen LogP contribution in [0.3, 0.4) is 0 Å². The molecule has 0 aliphatic carbocycles. The molecule has 3 heteroatoms. The van der Waals surface area contributed by atoms with Crippen molar-refractivity contribution in [3.63, 3.8) is 0 Å². The van der Waals surface area contributed by atoms with Crippen LogP contribution in [0, 0.1) is 12.7 Å². The topological polar surface area (TPSA) is 38.9 Å². The van der Waals surface area contributed by atoms with Gasteiger partial charge in [0.2, 0.25) is 0 Å². The van der Waals surface area contributed by atoms with E-state index in [1.54, 1.807) is 18.3 Å². The highest BCUT2D eigenvalue weighted by molar-refractivity contribution is 5.87. The van der Waals surface area contributed by atoms with Crippen LogP contribution >= 0.6 is 0 Å². The number of pyridine rings is 1. The standard InChI is InChI=1S/C11H11FN2/c1-7-2-3-9(12)8-4-5-14-10(6-13)11(7)8/h2-5H,6,13H2,1H3. The van der Waals surface area contributed by atoms with Crippen molar-refractivity contribution in [2.24, 2.45) is 5.73 Å². The van der Waals surface area contributed by atoms with Crippen molar-refractivity contribution in [2.75, 3.05) is 0 Å². The molecule has 0 amide bonds. The van der Waals surface area contributed by atoms with E-state index >= 15 is 0 Å². The molecule has 0 aliphatic heterocycles. The Morgan fingerprint density at radius 3 is 2.86 bits per heavy atom. The zero-order valence-electron chi connectivity index (χ0n) is 7.92. The normalized spacial score (nSPS) is 10.8. The summed E-state index contributed by atoms with van der Waals surface area (Å²) in [5.41, 5.74) is 7.31. The highest BCUT2D eigenvalue weighted by Crippen LogP contribution is 2.23. The first-order chi connectivity index (χ1) is 6.74. The average Bonchev–Trinajstić information content (AvgIpc) is 2.23. The zero-order chi connectivity index (χ0) is 10.1. The number of nitrogens with zero attached hydrogens (tertiary/aromatic N) is 1. The van der Waals surface area contributed by atoms with Gasteiger partial charge in [-0.05, 0) is 24.6 Å². The molecule has 1 aromatic carbocycles. The molecule has 2 aromatic rings. The number of hydrogen-bond donors (Lipinski definition) is 1. The average molecular weight is 190 g/mol. The van der Waals surface area contributed by atoms with Gasteiger partial charge in [0.25, 0.3) is 0 Å². The SMILES string of the molecule is Cc1ccc(F)c2ccnc(CN)c12. The molecule has 2 N–H and O–H groups in total. The quantitative estimate of drug-likeness (QED) is 0.748. The van der Waals surface area contributed by atoms with Crippen LogP contribution in [0.15, 0.2) is 24.4 Å². The Balaban J connectivity index is 2.92. The molecule has 72 valence electrons. The number of aryl methyl sites for hydroxylation is 1. The van der Waals surface area contributed by atoms with Crippen molar-refractivity contribution in [3.8, 4) is 0 Å². The molecule has 0 spiro atoms. The number of nitrogens with two attached hydrogens (primary N) is 1. The van der Waals surface area contributed by atoms with Crippen molar-refractivity contribution in [1.29, 1.82) is 0 Å². The number of benzene rings is 1. The number of fused-ring (bicyclic) bond motifs is 1. The Morgan fingerprint density at radius 1 is 1.36 bits per heavy atom. The maximum absolute atomic E-state index is 13.4. The molecule has 0 bridgehead atoms. The molecule has 0 atom stereocenters. The maximum Gasteiger partial charge on any atom is 0.131 e. The van der Waals surface area contributed by atoms with E-state index in [4.69, 9.17) is 5.73 Å². The van der Waals surface area contributed by atoms with E-state index in [0.717, 1.165) is 16.6 Å². The van der Waals surface area contributed by atoms with Gasteiger partial charge in [0.05, 0.1) is 5.69 Å². The van der Waals surface area contributed by atoms with Gasteiger partial charge in [-0.15, -0.1) is 0 Å². The molecule has 1 heterocycles. The first-order valence-electron chi connectivity index (χ1n) is 4.47. The summed E-state index contributed by atoms with van der Waals surface area (Å²) in [4.78, 5) is 4.14. The maximum atomic E-state index is 13.4. The fourth-order valence-electron chi connectivity index (χ4n) is 1.67. The Hall–Kier alpha value is -1.48. The summed E-state index contributed by atoms with van der Waals surface area (Å²) >= 11 is 0. The molecule has 2 rings (SSSR count). The predicted molar refractivity (Wildman–Crippen MR) is 54.3 cm³/mol. The van der Waals surface area contributed by atoms with Gasteiger partial charge in [0, 0.05) is 23.5 Å². The third-order valence-electron chi connectivity index (χ3n) is 2.35. The third-order valence-corrected chi connectivity index (χ3v) is 2.35. The fourth-order valence-corrected chi connectivity index (χ4v) is 1.67. The summed E-state index contributed by atoms with van der Waals surface area (Å²) < 4.78 is 13.4. The zero-order valence-corrected chi connectivity index (χ0v) is 7.92. The summed E-state index contributed by atoms with van der Waals surface area (Å²) in [6.45, 7) is 2.27. The second-order valence-corrected chi connectivity index (χ2v) is 3.25. The van der Waals surface area contributed by atoms with Crippen LogP contribution in [0.1, 0.15) is 11.3 Å². The van der Waals surface area contributed by atoms with Gasteiger partial charge >= 0.3 is 0 Å². The molecule has 1 aromatic heterocycles. The molecule has 14 heavy (non-hydrogen) atoms. The van der Waals surface area contributed by atoms with Crippen LogP contribution in [0.5, 0.6) is 0 Å². The van der Waals surface area contributed by atoms with Gasteiger partial charge in [-0.1, -0.05) is 6.07 Å². The lowest BCUT2D eigenvalue weighted by molar-refractivity contribution is 0.639. The van der Waals surface area contributed by atoms with Crippen molar-refractivity contribution < 1.29 is 4.39 Å². The summed E-state index contributed by atoms with van der Waals surface area (Å²) in [7, 11) is 0. The summed E-state index contributed by atoms with van der Waals surface area (Å²) in [6.07, 6.45) is 1.59. The van der Waals surface area contributed by atoms with Gasteiger partial charge in [-0.3, -0.25) is 4.98 Å². The molecule has 2 nitrogen and oxygen atoms in total. The molecule has 0 fully saturated rings. The van der Waals surface area contributed by atoms with Crippen molar-refractivity contribution in [2.45, 2.75) is 13.5 Å². The highest BCUT2D eigenvalue weighted by atomic mass is 19.1. The van der Waals surface area contributed by atoms with Gasteiger partial charge in [-0.2, -0.15) is 0 Å². The Labute approximate surface area is 81.6 Å². The minimum Gasteiger partial charge on any atom is -0.325 e. The molecular weight excluding hydrogens is 179 g/mol. The molecule has 0 saturated heterocycles. The monoisotopic (exact) mass is 190 g/mol. The van der Waals surface area contributed by atoms with E-state index in [-0.39, 0.29) is 5.82 Å². The lowest BCUT2D eigenvalue weighted by atomic mass is 10.0. The van der Waals surface area contributed by atoms with Gasteiger partial charge in [0.15, 0.2) is 0 Å². The predicted octanol–water partition coefficient (Wildman–Crippen LogP) is 2.14. The molecule has 0 radical (unpaired) electrons. The van der Waals surface area contributed by atoms with Crippen molar-refractivity contribution >= 4 is 10.8 Å². The summed E-state index contributed by atoms with van der Waals surface area (Å²) in [5, 5.41) is 1.44. The van der Waals surface area contributed by atoms with E-state index in [9.17, 15) is 4.39 Å². The molecule has 0 saturated carbocycles. The third kappa shape index (κ3) is 1.26. The highest BCUT2D eigenvalue weighted by Gasteiger charge is 2.07. The minimum absolute atomic E-state index is 0.220. The van der Waals surface area contributed by atoms with Crippen LogP contribution in [-0.2, 0) is 6.54 Å².